The molecule has 1 fully saturated rings. The quantitative estimate of drug-likeness (QED) is 0.869. The van der Waals surface area contributed by atoms with Gasteiger partial charge in [0, 0.05) is 11.4 Å². The van der Waals surface area contributed by atoms with E-state index in [9.17, 15) is 9.59 Å². The first kappa shape index (κ1) is 13.9. The normalized spacial score (nSPS) is 15.3. The predicted molar refractivity (Wildman–Crippen MR) is 76.8 cm³/mol. The second-order valence-electron chi connectivity index (χ2n) is 4.74. The van der Waals surface area contributed by atoms with Crippen molar-refractivity contribution in [1.29, 1.82) is 0 Å². The number of ether oxygens (including phenoxy) is 1. The number of benzene rings is 1. The molecule has 1 N–H and O–H groups in total. The average Bonchev–Trinajstić information content (AvgIpc) is 2.74. The van der Waals surface area contributed by atoms with Crippen molar-refractivity contribution >= 4 is 39.3 Å². The smallest absolute Gasteiger partial charge is 0.414 e. The Hall–Kier alpha value is -1.56. The first-order chi connectivity index (χ1) is 8.88. The molecule has 1 aromatic carbocycles. The molecule has 1 aromatic rings. The van der Waals surface area contributed by atoms with Crippen LogP contribution in [0.4, 0.5) is 16.2 Å². The van der Waals surface area contributed by atoms with Crippen molar-refractivity contribution < 1.29 is 14.3 Å². The number of amides is 2. The Morgan fingerprint density at radius 1 is 1.47 bits per heavy atom. The van der Waals surface area contributed by atoms with Gasteiger partial charge < -0.3 is 10.1 Å². The SMILES string of the molecule is CC(C)(Br)C(=O)Nc1cccc(N2CCOC2=O)c1. The molecular formula is C13H15BrN2O3. The van der Waals surface area contributed by atoms with Gasteiger partial charge in [-0.1, -0.05) is 22.0 Å². The third-order valence-electron chi connectivity index (χ3n) is 2.72. The predicted octanol–water partition coefficient (Wildman–Crippen LogP) is 2.76. The summed E-state index contributed by atoms with van der Waals surface area (Å²) in [4.78, 5) is 24.9. The Kier molecular flexibility index (Phi) is 3.80. The summed E-state index contributed by atoms with van der Waals surface area (Å²) >= 11 is 3.30. The van der Waals surface area contributed by atoms with E-state index in [1.807, 2.05) is 6.07 Å². The lowest BCUT2D eigenvalue weighted by Crippen LogP contribution is -2.31. The van der Waals surface area contributed by atoms with Crippen LogP contribution in [-0.4, -0.2) is 29.5 Å². The van der Waals surface area contributed by atoms with E-state index in [0.717, 1.165) is 0 Å². The highest BCUT2D eigenvalue weighted by molar-refractivity contribution is 9.10. The lowest BCUT2D eigenvalue weighted by molar-refractivity contribution is -0.117. The summed E-state index contributed by atoms with van der Waals surface area (Å²) < 4.78 is 4.24. The molecular weight excluding hydrogens is 312 g/mol. The maximum Gasteiger partial charge on any atom is 0.414 e. The lowest BCUT2D eigenvalue weighted by atomic mass is 10.2. The fourth-order valence-corrected chi connectivity index (χ4v) is 1.76. The summed E-state index contributed by atoms with van der Waals surface area (Å²) in [6, 6.07) is 7.13. The highest BCUT2D eigenvalue weighted by Gasteiger charge is 2.25. The van der Waals surface area contributed by atoms with Crippen molar-refractivity contribution in [3.05, 3.63) is 24.3 Å². The second-order valence-corrected chi connectivity index (χ2v) is 6.73. The lowest BCUT2D eigenvalue weighted by Gasteiger charge is -2.18. The van der Waals surface area contributed by atoms with Crippen LogP contribution in [0.15, 0.2) is 24.3 Å². The van der Waals surface area contributed by atoms with Crippen LogP contribution in [0, 0.1) is 0 Å². The van der Waals surface area contributed by atoms with Gasteiger partial charge in [0.2, 0.25) is 5.91 Å². The van der Waals surface area contributed by atoms with E-state index in [2.05, 4.69) is 21.2 Å². The molecule has 2 rings (SSSR count). The largest absolute Gasteiger partial charge is 0.447 e. The van der Waals surface area contributed by atoms with E-state index in [1.165, 1.54) is 4.90 Å². The number of carbonyl (C=O) groups is 2. The fraction of sp³-hybridized carbons (Fsp3) is 0.385. The van der Waals surface area contributed by atoms with Gasteiger partial charge in [-0.05, 0) is 32.0 Å². The number of alkyl halides is 1. The zero-order chi connectivity index (χ0) is 14.0. The maximum absolute atomic E-state index is 11.9. The maximum atomic E-state index is 11.9. The Bertz CT molecular complexity index is 511. The Labute approximate surface area is 120 Å². The Morgan fingerprint density at radius 2 is 2.21 bits per heavy atom. The third-order valence-corrected chi connectivity index (χ3v) is 3.08. The van der Waals surface area contributed by atoms with E-state index in [-0.39, 0.29) is 12.0 Å². The molecule has 0 bridgehead atoms. The fourth-order valence-electron chi connectivity index (χ4n) is 1.66. The van der Waals surface area contributed by atoms with Gasteiger partial charge in [0.25, 0.3) is 0 Å². The number of rotatable bonds is 3. The second kappa shape index (κ2) is 5.21. The van der Waals surface area contributed by atoms with Crippen LogP contribution in [0.1, 0.15) is 13.8 Å². The molecule has 5 nitrogen and oxygen atoms in total. The molecule has 0 aromatic heterocycles. The standard InChI is InChI=1S/C13H15BrN2O3/c1-13(2,14)11(17)15-9-4-3-5-10(8-9)16-6-7-19-12(16)18/h3-5,8H,6-7H2,1-2H3,(H,15,17). The van der Waals surface area contributed by atoms with Gasteiger partial charge in [0.15, 0.2) is 0 Å². The first-order valence-electron chi connectivity index (χ1n) is 5.92. The van der Waals surface area contributed by atoms with Crippen molar-refractivity contribution in [1.82, 2.24) is 0 Å². The molecule has 0 unspecified atom stereocenters. The van der Waals surface area contributed by atoms with Crippen LogP contribution in [0.2, 0.25) is 0 Å². The minimum absolute atomic E-state index is 0.145. The van der Waals surface area contributed by atoms with E-state index >= 15 is 0 Å². The van der Waals surface area contributed by atoms with Crippen LogP contribution in [0.25, 0.3) is 0 Å². The van der Waals surface area contributed by atoms with Gasteiger partial charge in [0.1, 0.15) is 6.61 Å². The molecule has 0 aliphatic carbocycles. The van der Waals surface area contributed by atoms with E-state index in [4.69, 9.17) is 4.74 Å². The number of hydrogen-bond acceptors (Lipinski definition) is 3. The van der Waals surface area contributed by atoms with E-state index in [1.54, 1.807) is 32.0 Å². The summed E-state index contributed by atoms with van der Waals surface area (Å²) in [7, 11) is 0. The monoisotopic (exact) mass is 326 g/mol. The molecule has 1 heterocycles. The first-order valence-corrected chi connectivity index (χ1v) is 6.72. The zero-order valence-corrected chi connectivity index (χ0v) is 12.4. The minimum Gasteiger partial charge on any atom is -0.447 e. The Morgan fingerprint density at radius 3 is 2.79 bits per heavy atom. The molecule has 0 spiro atoms. The number of carbonyl (C=O) groups excluding carboxylic acids is 2. The van der Waals surface area contributed by atoms with E-state index < -0.39 is 4.32 Å². The topological polar surface area (TPSA) is 58.6 Å². The molecule has 0 saturated carbocycles. The number of nitrogens with one attached hydrogen (secondary N) is 1. The minimum atomic E-state index is -0.643. The number of cyclic esters (lactones) is 1. The zero-order valence-electron chi connectivity index (χ0n) is 10.8. The third kappa shape index (κ3) is 3.26. The highest BCUT2D eigenvalue weighted by Crippen LogP contribution is 2.24. The molecule has 1 aliphatic heterocycles. The summed E-state index contributed by atoms with van der Waals surface area (Å²) in [5, 5.41) is 2.80. The van der Waals surface area contributed by atoms with Crippen LogP contribution >= 0.6 is 15.9 Å². The van der Waals surface area contributed by atoms with Gasteiger partial charge in [0.05, 0.1) is 10.9 Å². The summed E-state index contributed by atoms with van der Waals surface area (Å²) in [5.74, 6) is -0.145. The molecule has 0 radical (unpaired) electrons. The molecule has 1 saturated heterocycles. The van der Waals surface area contributed by atoms with Crippen LogP contribution < -0.4 is 10.2 Å². The average molecular weight is 327 g/mol. The van der Waals surface area contributed by atoms with Crippen molar-refractivity contribution in [2.45, 2.75) is 18.2 Å². The summed E-state index contributed by atoms with van der Waals surface area (Å²) in [6.45, 7) is 4.46. The van der Waals surface area contributed by atoms with Gasteiger partial charge >= 0.3 is 6.09 Å². The van der Waals surface area contributed by atoms with Crippen molar-refractivity contribution in [2.75, 3.05) is 23.4 Å². The van der Waals surface area contributed by atoms with Gasteiger partial charge in [-0.2, -0.15) is 0 Å². The van der Waals surface area contributed by atoms with Crippen LogP contribution in [0.5, 0.6) is 0 Å². The van der Waals surface area contributed by atoms with Gasteiger partial charge in [-0.25, -0.2) is 4.79 Å². The van der Waals surface area contributed by atoms with Crippen molar-refractivity contribution in [3.63, 3.8) is 0 Å². The molecule has 19 heavy (non-hydrogen) atoms. The number of halogens is 1. The van der Waals surface area contributed by atoms with Gasteiger partial charge in [-0.15, -0.1) is 0 Å². The summed E-state index contributed by atoms with van der Waals surface area (Å²) in [5.41, 5.74) is 1.36. The molecule has 102 valence electrons. The Balaban J connectivity index is 2.16. The summed E-state index contributed by atoms with van der Waals surface area (Å²) in [6.07, 6.45) is -0.357. The van der Waals surface area contributed by atoms with Crippen LogP contribution in [-0.2, 0) is 9.53 Å². The molecule has 6 heteroatoms. The number of hydrogen-bond donors (Lipinski definition) is 1. The number of nitrogens with zero attached hydrogens (tertiary/aromatic N) is 1. The molecule has 1 aliphatic rings. The number of anilines is 2. The van der Waals surface area contributed by atoms with Crippen LogP contribution in [0.3, 0.4) is 0 Å². The molecule has 0 atom stereocenters. The van der Waals surface area contributed by atoms with Gasteiger partial charge in [-0.3, -0.25) is 9.69 Å². The molecule has 2 amide bonds. The van der Waals surface area contributed by atoms with Crippen molar-refractivity contribution in [2.24, 2.45) is 0 Å². The van der Waals surface area contributed by atoms with Crippen molar-refractivity contribution in [3.8, 4) is 0 Å². The highest BCUT2D eigenvalue weighted by atomic mass is 79.9. The van der Waals surface area contributed by atoms with E-state index in [0.29, 0.717) is 24.5 Å².